The van der Waals surface area contributed by atoms with E-state index in [4.69, 9.17) is 37.9 Å². The van der Waals surface area contributed by atoms with Crippen LogP contribution in [0.5, 0.6) is 46.0 Å². The van der Waals surface area contributed by atoms with E-state index in [1.165, 1.54) is 65.0 Å². The van der Waals surface area contributed by atoms with Crippen molar-refractivity contribution >= 4 is 98.8 Å². The monoisotopic (exact) mass is 1280 g/mol. The van der Waals surface area contributed by atoms with Crippen LogP contribution in [0.2, 0.25) is 0 Å². The molecule has 0 N–H and O–H groups in total. The first-order valence-electron chi connectivity index (χ1n) is 35.0. The molecule has 96 heavy (non-hydrogen) atoms. The number of anilines is 6. The fraction of sp³-hybridized carbons (Fsp3) is 0.279. The predicted molar refractivity (Wildman–Crippen MR) is 400 cm³/mol. The molecule has 0 unspecified atom stereocenters. The van der Waals surface area contributed by atoms with E-state index in [9.17, 15) is 0 Å². The maximum atomic E-state index is 6.51. The van der Waals surface area contributed by atoms with Gasteiger partial charge in [-0.1, -0.05) is 165 Å². The number of hydrogen-bond acceptors (Lipinski definition) is 10. The molecule has 13 aromatic rings. The number of fused-ring (bicyclic) bond motifs is 6. The van der Waals surface area contributed by atoms with Crippen molar-refractivity contribution in [3.8, 4) is 68.2 Å². The normalized spacial score (nSPS) is 11.6. The molecule has 10 heteroatoms. The molecule has 0 aliphatic carbocycles. The Kier molecular flexibility index (Phi) is 20.0. The molecule has 0 atom stereocenters. The van der Waals surface area contributed by atoms with Crippen LogP contribution >= 0.6 is 0 Å². The van der Waals surface area contributed by atoms with Gasteiger partial charge in [0.2, 0.25) is 0 Å². The van der Waals surface area contributed by atoms with Gasteiger partial charge in [0.1, 0.15) is 46.0 Å². The van der Waals surface area contributed by atoms with Crippen molar-refractivity contribution in [3.05, 3.63) is 194 Å². The summed E-state index contributed by atoms with van der Waals surface area (Å²) in [7, 11) is 0. The van der Waals surface area contributed by atoms with Crippen LogP contribution in [-0.4, -0.2) is 52.9 Å². The van der Waals surface area contributed by atoms with Gasteiger partial charge in [-0.15, -0.1) is 0 Å². The Morgan fingerprint density at radius 3 is 0.688 bits per heavy atom. The molecule has 13 rings (SSSR count). The minimum atomic E-state index is 0.569. The van der Waals surface area contributed by atoms with Crippen LogP contribution in [0.25, 0.3) is 86.9 Å². The van der Waals surface area contributed by atoms with Crippen molar-refractivity contribution in [2.45, 2.75) is 107 Å². The van der Waals surface area contributed by atoms with Gasteiger partial charge in [-0.2, -0.15) is 0 Å². The van der Waals surface area contributed by atoms with E-state index in [0.29, 0.717) is 52.9 Å². The first-order valence-corrected chi connectivity index (χ1v) is 35.0. The summed E-state index contributed by atoms with van der Waals surface area (Å²) in [6.45, 7) is 21.6. The summed E-state index contributed by atoms with van der Waals surface area (Å²) in [5, 5.41) is 14.1. The lowest BCUT2D eigenvalue weighted by Gasteiger charge is -2.29. The molecule has 0 aliphatic rings. The predicted octanol–water partition coefficient (Wildman–Crippen LogP) is 24.1. The first-order chi connectivity index (χ1) is 47.3. The number of ether oxygens (including phenoxy) is 8. The third-order valence-electron chi connectivity index (χ3n) is 17.5. The Morgan fingerprint density at radius 1 is 0.219 bits per heavy atom. The smallest absolute Gasteiger partial charge is 0.125 e. The van der Waals surface area contributed by atoms with Crippen molar-refractivity contribution in [2.24, 2.45) is 0 Å². The number of hydrogen-bond donors (Lipinski definition) is 0. The fourth-order valence-corrected chi connectivity index (χ4v) is 13.6. The van der Waals surface area contributed by atoms with Crippen LogP contribution in [-0.2, 0) is 0 Å². The van der Waals surface area contributed by atoms with E-state index in [1.807, 2.05) is 24.3 Å². The summed E-state index contributed by atoms with van der Waals surface area (Å²) in [5.41, 5.74) is 10.2. The topological polar surface area (TPSA) is 80.3 Å². The molecule has 0 aromatic heterocycles. The highest BCUT2D eigenvalue weighted by atomic mass is 16.5. The van der Waals surface area contributed by atoms with E-state index < -0.39 is 0 Å². The molecule has 0 saturated heterocycles. The lowest BCUT2D eigenvalue weighted by atomic mass is 9.87. The highest BCUT2D eigenvalue weighted by Crippen LogP contribution is 2.58. The molecule has 0 spiro atoms. The Morgan fingerprint density at radius 2 is 0.448 bits per heavy atom. The molecule has 0 aliphatic heterocycles. The average Bonchev–Trinajstić information content (AvgIpc) is 1.51. The Balaban J connectivity index is 1.14. The summed E-state index contributed by atoms with van der Waals surface area (Å²) in [6.07, 6.45) is 6.92. The van der Waals surface area contributed by atoms with Crippen LogP contribution in [0.1, 0.15) is 107 Å². The minimum Gasteiger partial charge on any atom is -0.493 e. The van der Waals surface area contributed by atoms with Crippen LogP contribution in [0, 0.1) is 0 Å². The van der Waals surface area contributed by atoms with Crippen molar-refractivity contribution < 1.29 is 37.9 Å². The van der Waals surface area contributed by atoms with Gasteiger partial charge in [0, 0.05) is 83.6 Å². The summed E-state index contributed by atoms with van der Waals surface area (Å²) in [6, 6.07) is 70.5. The third-order valence-corrected chi connectivity index (χ3v) is 17.5. The van der Waals surface area contributed by atoms with Gasteiger partial charge in [-0.25, -0.2) is 0 Å². The minimum absolute atomic E-state index is 0.569. The summed E-state index contributed by atoms with van der Waals surface area (Å²) in [5.74, 6) is 5.92. The van der Waals surface area contributed by atoms with Crippen LogP contribution in [0.4, 0.5) is 34.1 Å². The van der Waals surface area contributed by atoms with Crippen molar-refractivity contribution in [3.63, 3.8) is 0 Å². The molecule has 490 valence electrons. The highest BCUT2D eigenvalue weighted by molar-refractivity contribution is 6.47. The van der Waals surface area contributed by atoms with E-state index in [-0.39, 0.29) is 0 Å². The number of benzene rings is 11. The summed E-state index contributed by atoms with van der Waals surface area (Å²) in [4.78, 5) is 4.69. The van der Waals surface area contributed by atoms with Crippen LogP contribution in [0.15, 0.2) is 194 Å². The molecule has 0 saturated carbocycles. The second-order valence-electron chi connectivity index (χ2n) is 24.8. The van der Waals surface area contributed by atoms with Crippen LogP contribution < -0.4 is 47.7 Å². The first kappa shape index (κ1) is 64.6. The van der Waals surface area contributed by atoms with Gasteiger partial charge in [0.15, 0.2) is 0 Å². The summed E-state index contributed by atoms with van der Waals surface area (Å²) >= 11 is 0. The molecular weight excluding hydrogens is 1190 g/mol. The second kappa shape index (κ2) is 29.7. The Bertz CT molecular complexity index is 4210. The molecule has 0 amide bonds. The zero-order valence-corrected chi connectivity index (χ0v) is 56.9. The average molecular weight is 1280 g/mol. The van der Waals surface area contributed by atoms with Gasteiger partial charge in [0.05, 0.1) is 87.0 Å². The van der Waals surface area contributed by atoms with E-state index in [0.717, 1.165) is 153 Å². The Labute approximate surface area is 565 Å². The lowest BCUT2D eigenvalue weighted by molar-refractivity contribution is 0.301. The second-order valence-corrected chi connectivity index (χ2v) is 24.8. The zero-order chi connectivity index (χ0) is 66.1. The van der Waals surface area contributed by atoms with E-state index >= 15 is 0 Å². The van der Waals surface area contributed by atoms with Crippen LogP contribution in [0.3, 0.4) is 0 Å². The van der Waals surface area contributed by atoms with E-state index in [2.05, 4.69) is 235 Å². The number of nitrogens with zero attached hydrogens (tertiary/aromatic N) is 2. The van der Waals surface area contributed by atoms with Crippen molar-refractivity contribution in [1.29, 1.82) is 0 Å². The fourth-order valence-electron chi connectivity index (χ4n) is 13.6. The molecular formula is C86H88N2O8. The third kappa shape index (κ3) is 12.9. The largest absolute Gasteiger partial charge is 0.493 e. The van der Waals surface area contributed by atoms with Gasteiger partial charge in [-0.05, 0) is 140 Å². The van der Waals surface area contributed by atoms with Gasteiger partial charge in [-0.3, -0.25) is 0 Å². The Hall–Kier alpha value is -10.1. The molecule has 0 radical (unpaired) electrons. The standard InChI is InChI=1S/C86H88N2O8/c1-9-37-89-63-45-59(46-64(53-63)90-38-10-2)87(60-47-65(91-39-11-3)54-66(48-60)92-40-12-4)77-35-33-75-81-71(77)29-23-31-73(81)83-79(57-25-19-17-20-26-57)84-74-32-24-30-72-78(36-34-76(82(72)74)86(84)80(85(75)83)58-27-21-18-22-28-58)88(61-49-67(93-41-13-5)55-68(50-61)94-42-14-6)62-51-69(95-43-15-7)56-70(52-62)96-44-16-8/h17-36,45-56H,9-16,37-44H2,1-8H3. The molecule has 13 aromatic carbocycles. The maximum absolute atomic E-state index is 6.51. The van der Waals surface area contributed by atoms with Gasteiger partial charge >= 0.3 is 0 Å². The van der Waals surface area contributed by atoms with Gasteiger partial charge in [0.25, 0.3) is 0 Å². The van der Waals surface area contributed by atoms with Crippen molar-refractivity contribution in [1.82, 2.24) is 0 Å². The van der Waals surface area contributed by atoms with E-state index in [1.54, 1.807) is 0 Å². The van der Waals surface area contributed by atoms with Crippen molar-refractivity contribution in [2.75, 3.05) is 62.7 Å². The van der Waals surface area contributed by atoms with Gasteiger partial charge < -0.3 is 47.7 Å². The lowest BCUT2D eigenvalue weighted by Crippen LogP contribution is -2.12. The molecule has 0 fully saturated rings. The highest BCUT2D eigenvalue weighted by Gasteiger charge is 2.31. The quantitative estimate of drug-likeness (QED) is 0.0407. The molecule has 0 bridgehead atoms. The number of rotatable bonds is 32. The summed E-state index contributed by atoms with van der Waals surface area (Å²) < 4.78 is 52.1. The molecule has 10 nitrogen and oxygen atoms in total. The SMILES string of the molecule is CCCOc1cc(OCCC)cc(N(c2cc(OCCC)cc(OCCC)c2)c2ccc3c4c(-c5ccccc5)c5c6ccc(N(c7cc(OCCC)cc(OCCC)c7)c7cc(OCCC)cc(OCCC)c7)c7cccc(c5c(-c5ccccc5)c4c4cccc2c43)c76)c1. The maximum Gasteiger partial charge on any atom is 0.125 e. The molecule has 0 heterocycles. The zero-order valence-electron chi connectivity index (χ0n) is 56.9.